The first-order valence-electron chi connectivity index (χ1n) is 10.4. The third-order valence-corrected chi connectivity index (χ3v) is 6.02. The Morgan fingerprint density at radius 2 is 1.85 bits per heavy atom. The van der Waals surface area contributed by atoms with E-state index in [1.807, 2.05) is 48.5 Å². The number of hydrogen-bond donors (Lipinski definition) is 1. The quantitative estimate of drug-likeness (QED) is 0.190. The van der Waals surface area contributed by atoms with Crippen LogP contribution in [-0.4, -0.2) is 11.6 Å². The van der Waals surface area contributed by atoms with Crippen molar-refractivity contribution in [3.8, 4) is 11.1 Å². The Bertz CT molecular complexity index is 1340. The van der Waals surface area contributed by atoms with E-state index in [4.69, 9.17) is 0 Å². The Labute approximate surface area is 197 Å². The summed E-state index contributed by atoms with van der Waals surface area (Å²) in [6.07, 6.45) is 3.64. The van der Waals surface area contributed by atoms with Crippen molar-refractivity contribution >= 4 is 35.1 Å². The summed E-state index contributed by atoms with van der Waals surface area (Å²) in [5.41, 5.74) is 3.98. The summed E-state index contributed by atoms with van der Waals surface area (Å²) >= 11 is 1.12. The number of halogens is 2. The van der Waals surface area contributed by atoms with Crippen LogP contribution in [0.15, 0.2) is 89.4 Å². The van der Waals surface area contributed by atoms with Gasteiger partial charge in [-0.15, -0.1) is 0 Å². The molecule has 3 aromatic rings. The highest BCUT2D eigenvalue weighted by atomic mass is 32.2. The predicted molar refractivity (Wildman–Crippen MR) is 139 cm³/mol. The zero-order valence-corrected chi connectivity index (χ0v) is 19.6. The van der Waals surface area contributed by atoms with E-state index < -0.39 is 11.6 Å². The molecule has 0 aliphatic carbocycles. The lowest BCUT2D eigenvalue weighted by Crippen LogP contribution is -2.25. The second kappa shape index (κ2) is 10.9. The van der Waals surface area contributed by atoms with Gasteiger partial charge in [0, 0.05) is 11.4 Å². The van der Waals surface area contributed by atoms with E-state index in [0.29, 0.717) is 11.6 Å². The number of aryl methyl sites for hydroxylation is 1. The summed E-state index contributed by atoms with van der Waals surface area (Å²) in [4.78, 5) is 4.71. The number of thioether (sulfide) groups is 1. The molecule has 0 radical (unpaired) electrons. The fraction of sp³-hybridized carbons (Fsp3) is 0.107. The fourth-order valence-electron chi connectivity index (χ4n) is 3.24. The number of aliphatic imine (C=N–C) groups is 1. The minimum absolute atomic E-state index is 0.229. The van der Waals surface area contributed by atoms with Gasteiger partial charge in [-0.05, 0) is 65.3 Å². The van der Waals surface area contributed by atoms with E-state index in [1.54, 1.807) is 25.1 Å². The van der Waals surface area contributed by atoms with Gasteiger partial charge in [0.2, 0.25) is 0 Å². The molecule has 0 heterocycles. The number of hydrogen-bond acceptors (Lipinski definition) is 3. The molecule has 0 aliphatic rings. The third kappa shape index (κ3) is 6.08. The lowest BCUT2D eigenvalue weighted by molar-refractivity contribution is 0.486. The SMILES string of the molecule is C=CC(=C)Nc1cccc(-c2ccc/c(=C/C/N=C(\C)Sc3ccc(C)c(F)c3F)c2=C)c1. The minimum atomic E-state index is -0.834. The highest BCUT2D eigenvalue weighted by Gasteiger charge is 2.12. The Morgan fingerprint density at radius 1 is 1.09 bits per heavy atom. The van der Waals surface area contributed by atoms with Gasteiger partial charge in [-0.3, -0.25) is 4.99 Å². The second-order valence-corrected chi connectivity index (χ2v) is 8.72. The number of rotatable bonds is 7. The molecule has 0 saturated heterocycles. The Balaban J connectivity index is 1.81. The lowest BCUT2D eigenvalue weighted by Gasteiger charge is -2.09. The van der Waals surface area contributed by atoms with Gasteiger partial charge in [-0.1, -0.05) is 74.0 Å². The maximum absolute atomic E-state index is 14.1. The zero-order chi connectivity index (χ0) is 24.0. The molecule has 0 spiro atoms. The van der Waals surface area contributed by atoms with E-state index >= 15 is 0 Å². The van der Waals surface area contributed by atoms with Gasteiger partial charge < -0.3 is 5.32 Å². The summed E-state index contributed by atoms with van der Waals surface area (Å²) in [5, 5.41) is 5.71. The van der Waals surface area contributed by atoms with Gasteiger partial charge in [0.1, 0.15) is 0 Å². The van der Waals surface area contributed by atoms with Crippen LogP contribution >= 0.6 is 11.8 Å². The number of benzene rings is 3. The number of nitrogens with one attached hydrogen (secondary N) is 1. The van der Waals surface area contributed by atoms with Crippen molar-refractivity contribution in [1.29, 1.82) is 0 Å². The summed E-state index contributed by atoms with van der Waals surface area (Å²) in [6, 6.07) is 17.1. The number of anilines is 1. The molecule has 0 amide bonds. The van der Waals surface area contributed by atoms with Crippen LogP contribution in [0, 0.1) is 18.6 Å². The molecule has 0 aromatic heterocycles. The molecule has 3 rings (SSSR count). The summed E-state index contributed by atoms with van der Waals surface area (Å²) in [6.45, 7) is 15.6. The molecular weight excluding hydrogens is 434 g/mol. The molecule has 2 nitrogen and oxygen atoms in total. The largest absolute Gasteiger partial charge is 0.356 e. The van der Waals surface area contributed by atoms with Gasteiger partial charge in [0.05, 0.1) is 16.5 Å². The van der Waals surface area contributed by atoms with Crippen LogP contribution in [0.4, 0.5) is 14.5 Å². The fourth-order valence-corrected chi connectivity index (χ4v) is 4.01. The van der Waals surface area contributed by atoms with Crippen molar-refractivity contribution in [2.45, 2.75) is 18.7 Å². The van der Waals surface area contributed by atoms with Crippen molar-refractivity contribution in [2.75, 3.05) is 11.9 Å². The summed E-state index contributed by atoms with van der Waals surface area (Å²) < 4.78 is 27.9. The van der Waals surface area contributed by atoms with E-state index in [9.17, 15) is 8.78 Å². The van der Waals surface area contributed by atoms with E-state index in [0.717, 1.165) is 44.7 Å². The number of nitrogens with zero attached hydrogens (tertiary/aromatic N) is 1. The second-order valence-electron chi connectivity index (χ2n) is 7.48. The molecule has 0 atom stereocenters. The van der Waals surface area contributed by atoms with E-state index in [1.165, 1.54) is 6.92 Å². The highest BCUT2D eigenvalue weighted by molar-refractivity contribution is 8.13. The monoisotopic (exact) mass is 460 g/mol. The Kier molecular flexibility index (Phi) is 8.01. The molecule has 168 valence electrons. The highest BCUT2D eigenvalue weighted by Crippen LogP contribution is 2.26. The molecule has 0 unspecified atom stereocenters. The van der Waals surface area contributed by atoms with Crippen molar-refractivity contribution in [1.82, 2.24) is 0 Å². The maximum Gasteiger partial charge on any atom is 0.173 e. The normalized spacial score (nSPS) is 12.0. The standard InChI is InChI=1S/C28H26F2N2S/c1-6-19(3)32-24-11-7-10-23(17-24)25-12-8-9-22(20(25)4)15-16-31-21(5)33-26-14-13-18(2)27(29)28(26)30/h6-15,17,32H,1,3-4,16H2,2,5H3/b22-15-,31-21+. The number of allylic oxidation sites excluding steroid dienone is 1. The van der Waals surface area contributed by atoms with Crippen LogP contribution in [0.1, 0.15) is 12.5 Å². The summed E-state index contributed by atoms with van der Waals surface area (Å²) in [5.74, 6) is -1.65. The topological polar surface area (TPSA) is 24.4 Å². The first kappa shape index (κ1) is 24.2. The molecule has 33 heavy (non-hydrogen) atoms. The van der Waals surface area contributed by atoms with Gasteiger partial charge in [-0.25, -0.2) is 8.78 Å². The minimum Gasteiger partial charge on any atom is -0.356 e. The van der Waals surface area contributed by atoms with Crippen LogP contribution in [0.5, 0.6) is 0 Å². The van der Waals surface area contributed by atoms with Gasteiger partial charge in [0.25, 0.3) is 0 Å². The van der Waals surface area contributed by atoms with E-state index in [-0.39, 0.29) is 10.5 Å². The van der Waals surface area contributed by atoms with Gasteiger partial charge >= 0.3 is 0 Å². The Morgan fingerprint density at radius 3 is 2.61 bits per heavy atom. The molecule has 1 N–H and O–H groups in total. The summed E-state index contributed by atoms with van der Waals surface area (Å²) in [7, 11) is 0. The molecule has 5 heteroatoms. The molecule has 0 fully saturated rings. The first-order valence-corrected chi connectivity index (χ1v) is 11.2. The average molecular weight is 461 g/mol. The van der Waals surface area contributed by atoms with Crippen molar-refractivity contribution in [2.24, 2.45) is 4.99 Å². The first-order chi connectivity index (χ1) is 15.8. The molecule has 0 bridgehead atoms. The predicted octanol–water partition coefficient (Wildman–Crippen LogP) is 6.45. The molecular formula is C28H26F2N2S. The van der Waals surface area contributed by atoms with Crippen molar-refractivity contribution in [3.05, 3.63) is 107 Å². The van der Waals surface area contributed by atoms with Gasteiger partial charge in [-0.2, -0.15) is 0 Å². The lowest BCUT2D eigenvalue weighted by atomic mass is 10.0. The zero-order valence-electron chi connectivity index (χ0n) is 18.8. The van der Waals surface area contributed by atoms with Crippen LogP contribution in [0.25, 0.3) is 23.8 Å². The van der Waals surface area contributed by atoms with Crippen LogP contribution in [0.2, 0.25) is 0 Å². The van der Waals surface area contributed by atoms with E-state index in [2.05, 4.69) is 30.0 Å². The van der Waals surface area contributed by atoms with Gasteiger partial charge in [0.15, 0.2) is 11.6 Å². The van der Waals surface area contributed by atoms with Crippen LogP contribution < -0.4 is 15.8 Å². The molecule has 0 saturated carbocycles. The van der Waals surface area contributed by atoms with Crippen molar-refractivity contribution < 1.29 is 8.78 Å². The maximum atomic E-state index is 14.1. The Hall–Kier alpha value is -3.44. The average Bonchev–Trinajstić information content (AvgIpc) is 2.80. The molecule has 0 aliphatic heterocycles. The smallest absolute Gasteiger partial charge is 0.173 e. The van der Waals surface area contributed by atoms with Crippen LogP contribution in [-0.2, 0) is 0 Å². The third-order valence-electron chi connectivity index (χ3n) is 5.06. The van der Waals surface area contributed by atoms with Crippen LogP contribution in [0.3, 0.4) is 0 Å². The molecule has 3 aromatic carbocycles. The van der Waals surface area contributed by atoms with Crippen molar-refractivity contribution in [3.63, 3.8) is 0 Å².